The minimum Gasteiger partial charge on any atom is -0.490 e. The van der Waals surface area contributed by atoms with Crippen molar-refractivity contribution in [3.05, 3.63) is 59.7 Å². The van der Waals surface area contributed by atoms with Crippen molar-refractivity contribution in [1.82, 2.24) is 0 Å². The van der Waals surface area contributed by atoms with Crippen LogP contribution in [0.1, 0.15) is 56.6 Å². The predicted molar refractivity (Wildman–Crippen MR) is 104 cm³/mol. The second-order valence-electron chi connectivity index (χ2n) is 7.49. The summed E-state index contributed by atoms with van der Waals surface area (Å²) in [5.41, 5.74) is 2.79. The summed E-state index contributed by atoms with van der Waals surface area (Å²) in [6.07, 6.45) is 6.51. The highest BCUT2D eigenvalue weighted by Gasteiger charge is 2.16. The fraction of sp³-hybridized carbons (Fsp3) is 0.478. The monoisotopic (exact) mass is 338 g/mol. The number of rotatable bonds is 8. The van der Waals surface area contributed by atoms with Crippen molar-refractivity contribution in [3.63, 3.8) is 0 Å². The van der Waals surface area contributed by atoms with Crippen LogP contribution in [0, 0.1) is 5.92 Å². The lowest BCUT2D eigenvalue weighted by atomic mass is 9.98. The molecule has 0 atom stereocenters. The minimum absolute atomic E-state index is 0.565. The van der Waals surface area contributed by atoms with Crippen LogP contribution >= 0.6 is 0 Å². The van der Waals surface area contributed by atoms with Gasteiger partial charge >= 0.3 is 0 Å². The second-order valence-corrected chi connectivity index (χ2v) is 7.49. The van der Waals surface area contributed by atoms with Crippen LogP contribution in [0.4, 0.5) is 0 Å². The van der Waals surface area contributed by atoms with Gasteiger partial charge in [0.25, 0.3) is 0 Å². The first kappa shape index (κ1) is 17.8. The molecule has 0 bridgehead atoms. The van der Waals surface area contributed by atoms with Crippen molar-refractivity contribution in [3.8, 4) is 11.5 Å². The van der Waals surface area contributed by atoms with Crippen LogP contribution in [0.3, 0.4) is 0 Å². The van der Waals surface area contributed by atoms with E-state index in [9.17, 15) is 0 Å². The first-order valence-corrected chi connectivity index (χ1v) is 9.65. The van der Waals surface area contributed by atoms with Gasteiger partial charge in [-0.25, -0.2) is 0 Å². The van der Waals surface area contributed by atoms with E-state index in [1.54, 1.807) is 0 Å². The zero-order valence-corrected chi connectivity index (χ0v) is 15.5. The smallest absolute Gasteiger partial charge is 0.122 e. The van der Waals surface area contributed by atoms with E-state index in [1.807, 2.05) is 6.07 Å². The third kappa shape index (κ3) is 5.52. The van der Waals surface area contributed by atoms with Gasteiger partial charge in [-0.2, -0.15) is 0 Å². The highest BCUT2D eigenvalue weighted by molar-refractivity contribution is 5.30. The van der Waals surface area contributed by atoms with Gasteiger partial charge in [0.2, 0.25) is 0 Å². The fourth-order valence-electron chi connectivity index (χ4n) is 3.65. The van der Waals surface area contributed by atoms with E-state index >= 15 is 0 Å². The summed E-state index contributed by atoms with van der Waals surface area (Å²) in [7, 11) is 0. The molecular formula is C23H30O2. The van der Waals surface area contributed by atoms with E-state index in [4.69, 9.17) is 9.47 Å². The molecule has 134 valence electrons. The number of benzene rings is 2. The minimum atomic E-state index is 0.565. The summed E-state index contributed by atoms with van der Waals surface area (Å²) < 4.78 is 11.6. The molecule has 1 fully saturated rings. The Hall–Kier alpha value is -1.96. The van der Waals surface area contributed by atoms with Gasteiger partial charge < -0.3 is 9.47 Å². The Kier molecular flexibility index (Phi) is 6.38. The van der Waals surface area contributed by atoms with E-state index < -0.39 is 0 Å². The first-order chi connectivity index (χ1) is 12.2. The van der Waals surface area contributed by atoms with Crippen LogP contribution in [0.15, 0.2) is 48.5 Å². The normalized spacial score (nSPS) is 14.8. The quantitative estimate of drug-likeness (QED) is 0.550. The van der Waals surface area contributed by atoms with Gasteiger partial charge in [0.15, 0.2) is 0 Å². The predicted octanol–water partition coefficient (Wildman–Crippen LogP) is 6.00. The third-order valence-corrected chi connectivity index (χ3v) is 4.87. The van der Waals surface area contributed by atoms with Crippen LogP contribution in [0.5, 0.6) is 11.5 Å². The maximum Gasteiger partial charge on any atom is 0.122 e. The zero-order chi connectivity index (χ0) is 17.5. The summed E-state index contributed by atoms with van der Waals surface area (Å²) in [4.78, 5) is 0. The number of hydrogen-bond acceptors (Lipinski definition) is 2. The maximum atomic E-state index is 5.83. The van der Waals surface area contributed by atoms with Gasteiger partial charge in [-0.15, -0.1) is 0 Å². The van der Waals surface area contributed by atoms with E-state index in [2.05, 4.69) is 56.3 Å². The summed E-state index contributed by atoms with van der Waals surface area (Å²) in [5.74, 6) is 3.28. The Morgan fingerprint density at radius 2 is 1.56 bits per heavy atom. The molecule has 1 aliphatic rings. The third-order valence-electron chi connectivity index (χ3n) is 4.87. The summed E-state index contributed by atoms with van der Waals surface area (Å²) in [6, 6.07) is 17.0. The molecule has 0 saturated heterocycles. The highest BCUT2D eigenvalue weighted by atomic mass is 16.5. The lowest BCUT2D eigenvalue weighted by Gasteiger charge is -2.12. The van der Waals surface area contributed by atoms with E-state index in [0.717, 1.165) is 23.8 Å². The average Bonchev–Trinajstić information content (AvgIpc) is 3.14. The molecule has 1 aliphatic carbocycles. The molecule has 0 unspecified atom stereocenters. The highest BCUT2D eigenvalue weighted by Crippen LogP contribution is 2.34. The molecule has 0 spiro atoms. The molecule has 0 aliphatic heterocycles. The molecule has 2 nitrogen and oxygen atoms in total. The summed E-state index contributed by atoms with van der Waals surface area (Å²) in [6.45, 7) is 5.60. The molecule has 0 amide bonds. The molecule has 2 heteroatoms. The van der Waals surface area contributed by atoms with Crippen LogP contribution in [0.25, 0.3) is 0 Å². The summed E-state index contributed by atoms with van der Waals surface area (Å²) >= 11 is 0. The van der Waals surface area contributed by atoms with E-state index in [0.29, 0.717) is 19.1 Å². The van der Waals surface area contributed by atoms with Crippen LogP contribution in [-0.4, -0.2) is 13.2 Å². The van der Waals surface area contributed by atoms with Crippen molar-refractivity contribution >= 4 is 0 Å². The number of hydrogen-bond donors (Lipinski definition) is 0. The molecule has 0 aromatic heterocycles. The Labute approximate surface area is 152 Å². The van der Waals surface area contributed by atoms with Gasteiger partial charge in [-0.05, 0) is 66.5 Å². The van der Waals surface area contributed by atoms with E-state index in [1.165, 1.54) is 36.8 Å². The average molecular weight is 338 g/mol. The topological polar surface area (TPSA) is 18.5 Å². The van der Waals surface area contributed by atoms with Gasteiger partial charge in [-0.1, -0.05) is 51.0 Å². The SMILES string of the molecule is CC(C)Cc1cccc(OCCOc2ccc(C3CCCC3)cc2)c1. The van der Waals surface area contributed by atoms with Gasteiger partial charge in [0.1, 0.15) is 24.7 Å². The van der Waals surface area contributed by atoms with Crippen molar-refractivity contribution in [2.75, 3.05) is 13.2 Å². The molecule has 0 N–H and O–H groups in total. The standard InChI is InChI=1S/C23H30O2/c1-18(2)16-19-6-5-9-23(17-19)25-15-14-24-22-12-10-21(11-13-22)20-7-3-4-8-20/h5-6,9-13,17-18,20H,3-4,7-8,14-16H2,1-2H3. The van der Waals surface area contributed by atoms with Gasteiger partial charge in [0.05, 0.1) is 0 Å². The lowest BCUT2D eigenvalue weighted by molar-refractivity contribution is 0.217. The molecule has 25 heavy (non-hydrogen) atoms. The van der Waals surface area contributed by atoms with Gasteiger partial charge in [-0.3, -0.25) is 0 Å². The van der Waals surface area contributed by atoms with Crippen LogP contribution in [-0.2, 0) is 6.42 Å². The largest absolute Gasteiger partial charge is 0.490 e. The maximum absolute atomic E-state index is 5.83. The Morgan fingerprint density at radius 1 is 0.880 bits per heavy atom. The Morgan fingerprint density at radius 3 is 2.24 bits per heavy atom. The molecule has 2 aromatic rings. The van der Waals surface area contributed by atoms with Crippen molar-refractivity contribution in [2.45, 2.75) is 51.9 Å². The van der Waals surface area contributed by atoms with Crippen LogP contribution < -0.4 is 9.47 Å². The molecule has 3 rings (SSSR count). The zero-order valence-electron chi connectivity index (χ0n) is 15.5. The van der Waals surface area contributed by atoms with Gasteiger partial charge in [0, 0.05) is 0 Å². The first-order valence-electron chi connectivity index (χ1n) is 9.65. The fourth-order valence-corrected chi connectivity index (χ4v) is 3.65. The Balaban J connectivity index is 1.42. The van der Waals surface area contributed by atoms with Crippen molar-refractivity contribution in [1.29, 1.82) is 0 Å². The molecule has 2 aromatic carbocycles. The molecule has 1 saturated carbocycles. The Bertz CT molecular complexity index is 639. The van der Waals surface area contributed by atoms with E-state index in [-0.39, 0.29) is 0 Å². The lowest BCUT2D eigenvalue weighted by Crippen LogP contribution is -2.09. The summed E-state index contributed by atoms with van der Waals surface area (Å²) in [5, 5.41) is 0. The molecule has 0 radical (unpaired) electrons. The van der Waals surface area contributed by atoms with Crippen LogP contribution in [0.2, 0.25) is 0 Å². The number of ether oxygens (including phenoxy) is 2. The molecular weight excluding hydrogens is 308 g/mol. The van der Waals surface area contributed by atoms with Crippen molar-refractivity contribution < 1.29 is 9.47 Å². The van der Waals surface area contributed by atoms with Crippen molar-refractivity contribution in [2.24, 2.45) is 5.92 Å². The molecule has 0 heterocycles. The second kappa shape index (κ2) is 8.94.